The number of likely N-dealkylation sites (tertiary alicyclic amines) is 1. The van der Waals surface area contributed by atoms with Crippen molar-refractivity contribution in [1.82, 2.24) is 4.90 Å². The van der Waals surface area contributed by atoms with Gasteiger partial charge in [-0.3, -0.25) is 9.59 Å². The summed E-state index contributed by atoms with van der Waals surface area (Å²) in [5, 5.41) is 0.735. The van der Waals surface area contributed by atoms with Crippen molar-refractivity contribution in [3.8, 4) is 0 Å². The molecule has 1 saturated heterocycles. The molecule has 1 heterocycles. The zero-order chi connectivity index (χ0) is 15.9. The molecule has 1 aliphatic heterocycles. The third kappa shape index (κ3) is 5.21. The number of amides is 2. The Morgan fingerprint density at radius 3 is 2.45 bits per heavy atom. The number of primary amides is 1. The normalized spacial score (nSPS) is 15.8. The molecule has 22 heavy (non-hydrogen) atoms. The summed E-state index contributed by atoms with van der Waals surface area (Å²) in [6.07, 6.45) is 2.80. The predicted octanol–water partition coefficient (Wildman–Crippen LogP) is 2.94. The third-order valence-electron chi connectivity index (χ3n) is 3.87. The van der Waals surface area contributed by atoms with Gasteiger partial charge in [-0.2, -0.15) is 0 Å². The van der Waals surface area contributed by atoms with Crippen LogP contribution in [0.2, 0.25) is 5.02 Å². The summed E-state index contributed by atoms with van der Waals surface area (Å²) >= 11 is 7.57. The van der Waals surface area contributed by atoms with E-state index < -0.39 is 0 Å². The molecule has 0 unspecified atom stereocenters. The molecule has 0 bridgehead atoms. The standard InChI is InChI=1S/C16H21ClN2O2S/c17-13-3-5-14(6-4-13)22-11-1-2-15(20)19-9-7-12(8-10-19)16(18)21/h3-6,12H,1-2,7-11H2,(H2,18,21). The van der Waals surface area contributed by atoms with Gasteiger partial charge < -0.3 is 10.6 Å². The molecule has 0 saturated carbocycles. The summed E-state index contributed by atoms with van der Waals surface area (Å²) in [5.74, 6) is 0.779. The van der Waals surface area contributed by atoms with E-state index in [1.165, 1.54) is 4.90 Å². The molecule has 1 aromatic rings. The van der Waals surface area contributed by atoms with Crippen LogP contribution in [0.4, 0.5) is 0 Å². The topological polar surface area (TPSA) is 63.4 Å². The monoisotopic (exact) mass is 340 g/mol. The maximum atomic E-state index is 12.1. The molecular weight excluding hydrogens is 320 g/mol. The third-order valence-corrected chi connectivity index (χ3v) is 5.22. The number of carbonyl (C=O) groups excluding carboxylic acids is 2. The van der Waals surface area contributed by atoms with Crippen molar-refractivity contribution < 1.29 is 9.59 Å². The van der Waals surface area contributed by atoms with E-state index in [0.717, 1.165) is 17.2 Å². The number of piperidine rings is 1. The van der Waals surface area contributed by atoms with Gasteiger partial charge in [0.05, 0.1) is 0 Å². The van der Waals surface area contributed by atoms with E-state index in [2.05, 4.69) is 0 Å². The summed E-state index contributed by atoms with van der Waals surface area (Å²) in [5.41, 5.74) is 5.30. The second kappa shape index (κ2) is 8.44. The molecule has 120 valence electrons. The highest BCUT2D eigenvalue weighted by Gasteiger charge is 2.25. The fraction of sp³-hybridized carbons (Fsp3) is 0.500. The van der Waals surface area contributed by atoms with E-state index in [-0.39, 0.29) is 17.7 Å². The summed E-state index contributed by atoms with van der Waals surface area (Å²) < 4.78 is 0. The van der Waals surface area contributed by atoms with Gasteiger partial charge in [-0.25, -0.2) is 0 Å². The zero-order valence-corrected chi connectivity index (χ0v) is 14.0. The fourth-order valence-corrected chi connectivity index (χ4v) is 3.49. The highest BCUT2D eigenvalue weighted by Crippen LogP contribution is 2.22. The van der Waals surface area contributed by atoms with E-state index in [1.807, 2.05) is 29.2 Å². The van der Waals surface area contributed by atoms with Crippen molar-refractivity contribution in [1.29, 1.82) is 0 Å². The van der Waals surface area contributed by atoms with Crippen molar-refractivity contribution >= 4 is 35.2 Å². The van der Waals surface area contributed by atoms with Gasteiger partial charge in [-0.1, -0.05) is 11.6 Å². The molecule has 0 aromatic heterocycles. The van der Waals surface area contributed by atoms with Gasteiger partial charge in [0.15, 0.2) is 0 Å². The van der Waals surface area contributed by atoms with E-state index in [0.29, 0.717) is 32.4 Å². The first-order valence-corrected chi connectivity index (χ1v) is 8.88. The Morgan fingerprint density at radius 2 is 1.86 bits per heavy atom. The van der Waals surface area contributed by atoms with Crippen LogP contribution in [0.15, 0.2) is 29.2 Å². The number of nitrogens with two attached hydrogens (primary N) is 1. The van der Waals surface area contributed by atoms with Gasteiger partial charge in [0, 0.05) is 35.3 Å². The molecule has 4 nitrogen and oxygen atoms in total. The smallest absolute Gasteiger partial charge is 0.222 e. The first-order valence-electron chi connectivity index (χ1n) is 7.51. The number of halogens is 1. The number of thioether (sulfide) groups is 1. The Morgan fingerprint density at radius 1 is 1.23 bits per heavy atom. The van der Waals surface area contributed by atoms with E-state index in [1.54, 1.807) is 11.8 Å². The lowest BCUT2D eigenvalue weighted by atomic mass is 9.96. The van der Waals surface area contributed by atoms with Crippen LogP contribution in [0.1, 0.15) is 25.7 Å². The largest absolute Gasteiger partial charge is 0.369 e. The van der Waals surface area contributed by atoms with Crippen molar-refractivity contribution in [2.75, 3.05) is 18.8 Å². The summed E-state index contributed by atoms with van der Waals surface area (Å²) in [4.78, 5) is 26.2. The Labute approximate surface area is 140 Å². The molecule has 0 atom stereocenters. The maximum Gasteiger partial charge on any atom is 0.222 e. The summed E-state index contributed by atoms with van der Waals surface area (Å²) in [6.45, 7) is 1.30. The van der Waals surface area contributed by atoms with Crippen molar-refractivity contribution in [2.24, 2.45) is 11.7 Å². The number of hydrogen-bond acceptors (Lipinski definition) is 3. The van der Waals surface area contributed by atoms with Crippen molar-refractivity contribution in [3.63, 3.8) is 0 Å². The van der Waals surface area contributed by atoms with Crippen molar-refractivity contribution in [3.05, 3.63) is 29.3 Å². The number of hydrogen-bond donors (Lipinski definition) is 1. The van der Waals surface area contributed by atoms with Gasteiger partial charge in [-0.15, -0.1) is 11.8 Å². The molecule has 0 radical (unpaired) electrons. The number of nitrogens with zero attached hydrogens (tertiary/aromatic N) is 1. The van der Waals surface area contributed by atoms with Crippen LogP contribution in [0, 0.1) is 5.92 Å². The minimum absolute atomic E-state index is 0.0653. The molecule has 0 aliphatic carbocycles. The van der Waals surface area contributed by atoms with E-state index in [4.69, 9.17) is 17.3 Å². The zero-order valence-electron chi connectivity index (χ0n) is 12.5. The van der Waals surface area contributed by atoms with Crippen LogP contribution in [0.3, 0.4) is 0 Å². The quantitative estimate of drug-likeness (QED) is 0.639. The number of carbonyl (C=O) groups is 2. The molecule has 2 N–H and O–H groups in total. The number of benzene rings is 1. The molecule has 6 heteroatoms. The molecular formula is C16H21ClN2O2S. The molecule has 2 rings (SSSR count). The van der Waals surface area contributed by atoms with Gasteiger partial charge in [-0.05, 0) is 49.3 Å². The molecule has 0 spiro atoms. The first kappa shape index (κ1) is 17.2. The van der Waals surface area contributed by atoms with Crippen LogP contribution in [0.5, 0.6) is 0 Å². The highest BCUT2D eigenvalue weighted by molar-refractivity contribution is 7.99. The Hall–Kier alpha value is -1.20. The molecule has 1 fully saturated rings. The number of rotatable bonds is 6. The molecule has 2 amide bonds. The van der Waals surface area contributed by atoms with Crippen LogP contribution < -0.4 is 5.73 Å². The summed E-state index contributed by atoms with van der Waals surface area (Å²) in [7, 11) is 0. The van der Waals surface area contributed by atoms with Crippen LogP contribution >= 0.6 is 23.4 Å². The van der Waals surface area contributed by atoms with Crippen LogP contribution in [0.25, 0.3) is 0 Å². The van der Waals surface area contributed by atoms with Crippen molar-refractivity contribution in [2.45, 2.75) is 30.6 Å². The predicted molar refractivity (Wildman–Crippen MR) is 89.9 cm³/mol. The van der Waals surface area contributed by atoms with Gasteiger partial charge >= 0.3 is 0 Å². The van der Waals surface area contributed by atoms with Gasteiger partial charge in [0.25, 0.3) is 0 Å². The Balaban J connectivity index is 1.64. The Kier molecular flexibility index (Phi) is 6.58. The maximum absolute atomic E-state index is 12.1. The van der Waals surface area contributed by atoms with E-state index >= 15 is 0 Å². The van der Waals surface area contributed by atoms with Crippen LogP contribution in [-0.4, -0.2) is 35.6 Å². The average Bonchev–Trinajstić information content (AvgIpc) is 2.53. The lowest BCUT2D eigenvalue weighted by Crippen LogP contribution is -2.41. The lowest BCUT2D eigenvalue weighted by Gasteiger charge is -2.30. The van der Waals surface area contributed by atoms with Gasteiger partial charge in [0.2, 0.25) is 11.8 Å². The molecule has 1 aromatic carbocycles. The van der Waals surface area contributed by atoms with Gasteiger partial charge in [0.1, 0.15) is 0 Å². The second-order valence-corrected chi connectivity index (χ2v) is 7.07. The minimum atomic E-state index is -0.244. The van der Waals surface area contributed by atoms with Crippen LogP contribution in [-0.2, 0) is 9.59 Å². The molecule has 1 aliphatic rings. The summed E-state index contributed by atoms with van der Waals surface area (Å²) in [6, 6.07) is 7.72. The SMILES string of the molecule is NC(=O)C1CCN(C(=O)CCCSc2ccc(Cl)cc2)CC1. The van der Waals surface area contributed by atoms with E-state index in [9.17, 15) is 9.59 Å². The first-order chi connectivity index (χ1) is 10.6. The lowest BCUT2D eigenvalue weighted by molar-refractivity contribution is -0.134. The fourth-order valence-electron chi connectivity index (χ4n) is 2.52. The Bertz CT molecular complexity index is 513. The highest BCUT2D eigenvalue weighted by atomic mass is 35.5. The minimum Gasteiger partial charge on any atom is -0.369 e. The second-order valence-electron chi connectivity index (χ2n) is 5.46. The average molecular weight is 341 g/mol.